The second-order valence-electron chi connectivity index (χ2n) is 5.50. The van der Waals surface area contributed by atoms with E-state index in [-0.39, 0.29) is 10.6 Å². The Morgan fingerprint density at radius 2 is 1.85 bits per heavy atom. The van der Waals surface area contributed by atoms with E-state index in [0.29, 0.717) is 32.6 Å². The van der Waals surface area contributed by atoms with Crippen LogP contribution in [0.2, 0.25) is 15.1 Å². The fraction of sp³-hybridized carbons (Fsp3) is 0.0556. The molecule has 132 valence electrons. The number of nitrogens with zero attached hydrogens (tertiary/aromatic N) is 2. The average Bonchev–Trinajstić information content (AvgIpc) is 2.85. The van der Waals surface area contributed by atoms with Gasteiger partial charge < -0.3 is 5.11 Å². The zero-order valence-corrected chi connectivity index (χ0v) is 15.6. The minimum atomic E-state index is -1.19. The van der Waals surface area contributed by atoms with Gasteiger partial charge in [0.1, 0.15) is 0 Å². The van der Waals surface area contributed by atoms with E-state index in [0.717, 1.165) is 5.01 Å². The SMILES string of the molecule is CC1=NN(c2ccc(Cl)c(C(=O)O)c2)C(=O)/C1=C\c1ccc(Cl)cc1Cl. The molecule has 1 heterocycles. The molecule has 0 aromatic heterocycles. The van der Waals surface area contributed by atoms with Crippen LogP contribution in [0.1, 0.15) is 22.8 Å². The maximum atomic E-state index is 12.8. The Morgan fingerprint density at radius 3 is 2.50 bits per heavy atom. The summed E-state index contributed by atoms with van der Waals surface area (Å²) in [5.74, 6) is -1.58. The van der Waals surface area contributed by atoms with E-state index in [4.69, 9.17) is 34.8 Å². The number of carbonyl (C=O) groups is 2. The van der Waals surface area contributed by atoms with Crippen LogP contribution in [0.25, 0.3) is 6.08 Å². The van der Waals surface area contributed by atoms with Crippen LogP contribution in [0.5, 0.6) is 0 Å². The standard InChI is InChI=1S/C18H11Cl3N2O3/c1-9-13(6-10-2-3-11(19)7-16(10)21)17(24)23(22-9)12-4-5-15(20)14(8-12)18(25)26/h2-8H,1H3,(H,25,26)/b13-6-. The third kappa shape index (κ3) is 3.46. The lowest BCUT2D eigenvalue weighted by Crippen LogP contribution is -2.21. The van der Waals surface area contributed by atoms with Crippen LogP contribution in [0.3, 0.4) is 0 Å². The highest BCUT2D eigenvalue weighted by Crippen LogP contribution is 2.30. The first-order chi connectivity index (χ1) is 12.3. The summed E-state index contributed by atoms with van der Waals surface area (Å²) in [5, 5.41) is 15.5. The van der Waals surface area contributed by atoms with E-state index >= 15 is 0 Å². The number of carboxylic acids is 1. The molecule has 0 unspecified atom stereocenters. The van der Waals surface area contributed by atoms with Crippen LogP contribution < -0.4 is 5.01 Å². The summed E-state index contributed by atoms with van der Waals surface area (Å²) < 4.78 is 0. The molecule has 26 heavy (non-hydrogen) atoms. The molecule has 1 aliphatic rings. The van der Waals surface area contributed by atoms with Crippen LogP contribution in [-0.4, -0.2) is 22.7 Å². The van der Waals surface area contributed by atoms with Crippen LogP contribution >= 0.6 is 34.8 Å². The predicted octanol–water partition coefficient (Wildman–Crippen LogP) is 5.15. The summed E-state index contributed by atoms with van der Waals surface area (Å²) in [6, 6.07) is 9.19. The molecule has 0 saturated carbocycles. The zero-order chi connectivity index (χ0) is 19.0. The first-order valence-corrected chi connectivity index (χ1v) is 8.51. The van der Waals surface area contributed by atoms with Gasteiger partial charge in [-0.2, -0.15) is 10.1 Å². The van der Waals surface area contributed by atoms with E-state index in [9.17, 15) is 14.7 Å². The Balaban J connectivity index is 1.99. The molecule has 8 heteroatoms. The lowest BCUT2D eigenvalue weighted by atomic mass is 10.1. The quantitative estimate of drug-likeness (QED) is 0.713. The molecule has 5 nitrogen and oxygen atoms in total. The van der Waals surface area contributed by atoms with Gasteiger partial charge in [0.15, 0.2) is 0 Å². The van der Waals surface area contributed by atoms with Crippen LogP contribution in [0.4, 0.5) is 5.69 Å². The summed E-state index contributed by atoms with van der Waals surface area (Å²) in [6.45, 7) is 1.68. The molecule has 1 N–H and O–H groups in total. The molecular formula is C18H11Cl3N2O3. The van der Waals surface area contributed by atoms with E-state index in [1.807, 2.05) is 0 Å². The lowest BCUT2D eigenvalue weighted by molar-refractivity contribution is -0.114. The lowest BCUT2D eigenvalue weighted by Gasteiger charge is -2.13. The molecule has 1 aliphatic heterocycles. The molecular weight excluding hydrogens is 399 g/mol. The van der Waals surface area contributed by atoms with Gasteiger partial charge in [0.25, 0.3) is 5.91 Å². The maximum Gasteiger partial charge on any atom is 0.337 e. The first-order valence-electron chi connectivity index (χ1n) is 7.37. The van der Waals surface area contributed by atoms with Crippen molar-refractivity contribution in [3.63, 3.8) is 0 Å². The predicted molar refractivity (Wildman–Crippen MR) is 103 cm³/mol. The first kappa shape index (κ1) is 18.5. The van der Waals surface area contributed by atoms with Gasteiger partial charge in [0.05, 0.1) is 27.6 Å². The highest BCUT2D eigenvalue weighted by atomic mass is 35.5. The van der Waals surface area contributed by atoms with Crippen LogP contribution in [-0.2, 0) is 4.79 Å². The number of halogens is 3. The van der Waals surface area contributed by atoms with Crippen molar-refractivity contribution in [2.24, 2.45) is 5.10 Å². The Morgan fingerprint density at radius 1 is 1.12 bits per heavy atom. The van der Waals surface area contributed by atoms with Crippen molar-refractivity contribution in [3.05, 3.63) is 68.2 Å². The molecule has 0 aliphatic carbocycles. The van der Waals surface area contributed by atoms with Crippen molar-refractivity contribution in [1.82, 2.24) is 0 Å². The molecule has 0 bridgehead atoms. The van der Waals surface area contributed by atoms with Gasteiger partial charge in [-0.15, -0.1) is 0 Å². The number of benzene rings is 2. The van der Waals surface area contributed by atoms with E-state index in [1.54, 1.807) is 31.2 Å². The van der Waals surface area contributed by atoms with Crippen LogP contribution in [0, 0.1) is 0 Å². The van der Waals surface area contributed by atoms with Crippen molar-refractivity contribution in [3.8, 4) is 0 Å². The molecule has 0 radical (unpaired) electrons. The van der Waals surface area contributed by atoms with Crippen molar-refractivity contribution >= 4 is 64.2 Å². The number of rotatable bonds is 3. The smallest absolute Gasteiger partial charge is 0.337 e. The van der Waals surface area contributed by atoms with Gasteiger partial charge in [0.2, 0.25) is 0 Å². The third-order valence-electron chi connectivity index (χ3n) is 3.75. The zero-order valence-electron chi connectivity index (χ0n) is 13.3. The topological polar surface area (TPSA) is 70.0 Å². The largest absolute Gasteiger partial charge is 0.478 e. The number of hydrogen-bond donors (Lipinski definition) is 1. The number of anilines is 1. The van der Waals surface area contributed by atoms with Crippen LogP contribution in [0.15, 0.2) is 47.1 Å². The van der Waals surface area contributed by atoms with Gasteiger partial charge >= 0.3 is 5.97 Å². The second-order valence-corrected chi connectivity index (χ2v) is 6.75. The average molecular weight is 410 g/mol. The summed E-state index contributed by atoms with van der Waals surface area (Å²) >= 11 is 17.9. The highest BCUT2D eigenvalue weighted by molar-refractivity contribution is 6.37. The fourth-order valence-corrected chi connectivity index (χ4v) is 3.10. The van der Waals surface area contributed by atoms with Gasteiger partial charge in [-0.1, -0.05) is 40.9 Å². The molecule has 0 fully saturated rings. The van der Waals surface area contributed by atoms with Crippen molar-refractivity contribution < 1.29 is 14.7 Å². The number of hydrogen-bond acceptors (Lipinski definition) is 3. The Bertz CT molecular complexity index is 999. The summed E-state index contributed by atoms with van der Waals surface area (Å²) in [4.78, 5) is 24.0. The van der Waals surface area contributed by atoms with Crippen molar-refractivity contribution in [2.75, 3.05) is 5.01 Å². The van der Waals surface area contributed by atoms with E-state index in [2.05, 4.69) is 5.10 Å². The summed E-state index contributed by atoms with van der Waals surface area (Å²) in [7, 11) is 0. The van der Waals surface area contributed by atoms with Crippen molar-refractivity contribution in [1.29, 1.82) is 0 Å². The van der Waals surface area contributed by atoms with Gasteiger partial charge in [0, 0.05) is 10.0 Å². The fourth-order valence-electron chi connectivity index (χ4n) is 2.44. The summed E-state index contributed by atoms with van der Waals surface area (Å²) in [6.07, 6.45) is 1.62. The van der Waals surface area contributed by atoms with E-state index < -0.39 is 11.9 Å². The van der Waals surface area contributed by atoms with Gasteiger partial charge in [-0.3, -0.25) is 4.79 Å². The van der Waals surface area contributed by atoms with Crippen molar-refractivity contribution in [2.45, 2.75) is 6.92 Å². The van der Waals surface area contributed by atoms with Gasteiger partial charge in [-0.25, -0.2) is 4.79 Å². The highest BCUT2D eigenvalue weighted by Gasteiger charge is 2.29. The minimum Gasteiger partial charge on any atom is -0.478 e. The number of hydrazone groups is 1. The molecule has 2 aromatic rings. The monoisotopic (exact) mass is 408 g/mol. The number of carbonyl (C=O) groups excluding carboxylic acids is 1. The Hall–Kier alpha value is -2.34. The number of carboxylic acid groups (broad SMARTS) is 1. The number of aromatic carboxylic acids is 1. The molecule has 1 amide bonds. The molecule has 3 rings (SSSR count). The Kier molecular flexibility index (Phi) is 5.05. The molecule has 0 atom stereocenters. The Labute approximate surface area is 164 Å². The molecule has 0 saturated heterocycles. The second kappa shape index (κ2) is 7.11. The molecule has 0 spiro atoms. The maximum absolute atomic E-state index is 12.8. The third-order valence-corrected chi connectivity index (χ3v) is 4.64. The van der Waals surface area contributed by atoms with Gasteiger partial charge in [-0.05, 0) is 48.9 Å². The molecule has 2 aromatic carbocycles. The van der Waals surface area contributed by atoms with E-state index in [1.165, 1.54) is 18.2 Å². The minimum absolute atomic E-state index is 0.0808. The summed E-state index contributed by atoms with van der Waals surface area (Å²) in [5.41, 5.74) is 1.65. The number of amides is 1. The normalized spacial score (nSPS) is 15.5.